The summed E-state index contributed by atoms with van der Waals surface area (Å²) < 4.78 is 12.5. The van der Waals surface area contributed by atoms with Crippen molar-refractivity contribution in [3.63, 3.8) is 0 Å². The third kappa shape index (κ3) is 1.64. The third-order valence-electron chi connectivity index (χ3n) is 1.52. The number of rotatable bonds is 0. The molecule has 0 fully saturated rings. The molecule has 0 saturated heterocycles. The molecule has 0 radical (unpaired) electrons. The Morgan fingerprint density at radius 2 is 1.92 bits per heavy atom. The minimum Gasteiger partial charge on any atom is -0.361 e. The number of hydrogen-bond acceptors (Lipinski definition) is 0. The summed E-state index contributed by atoms with van der Waals surface area (Å²) in [6.45, 7) is 4.00. The van der Waals surface area contributed by atoms with Crippen LogP contribution in [0.3, 0.4) is 0 Å². The van der Waals surface area contributed by atoms with E-state index in [2.05, 4.69) is 4.98 Å². The molecule has 0 aliphatic carbocycles. The average molecular weight is 165 g/mol. The molecule has 0 saturated carbocycles. The maximum absolute atomic E-state index is 12.5. The number of halogens is 1. The van der Waals surface area contributed by atoms with Gasteiger partial charge in [0, 0.05) is 17.1 Å². The van der Waals surface area contributed by atoms with E-state index in [0.717, 1.165) is 10.9 Å². The Labute approximate surface area is 71.2 Å². The molecule has 1 nitrogen and oxygen atoms in total. The van der Waals surface area contributed by atoms with Crippen LogP contribution < -0.4 is 0 Å². The van der Waals surface area contributed by atoms with Crippen molar-refractivity contribution in [1.82, 2.24) is 4.98 Å². The summed E-state index contributed by atoms with van der Waals surface area (Å²) in [6.07, 6.45) is 1.80. The first kappa shape index (κ1) is 8.78. The summed E-state index contributed by atoms with van der Waals surface area (Å²) in [7, 11) is 0. The van der Waals surface area contributed by atoms with E-state index in [1.807, 2.05) is 19.9 Å². The Hall–Kier alpha value is -1.31. The lowest BCUT2D eigenvalue weighted by Crippen LogP contribution is -1.70. The highest BCUT2D eigenvalue weighted by molar-refractivity contribution is 5.78. The van der Waals surface area contributed by atoms with Crippen LogP contribution in [0, 0.1) is 5.82 Å². The van der Waals surface area contributed by atoms with Gasteiger partial charge in [0.15, 0.2) is 0 Å². The molecule has 1 heterocycles. The Morgan fingerprint density at radius 3 is 2.67 bits per heavy atom. The molecular weight excluding hydrogens is 153 g/mol. The Morgan fingerprint density at radius 1 is 1.17 bits per heavy atom. The predicted octanol–water partition coefficient (Wildman–Crippen LogP) is 3.33. The van der Waals surface area contributed by atoms with Crippen LogP contribution in [0.4, 0.5) is 4.39 Å². The fourth-order valence-corrected chi connectivity index (χ4v) is 1.02. The Kier molecular flexibility index (Phi) is 2.86. The fourth-order valence-electron chi connectivity index (χ4n) is 1.02. The lowest BCUT2D eigenvalue weighted by molar-refractivity contribution is 0.630. The molecule has 0 aliphatic rings. The molecule has 0 bridgehead atoms. The van der Waals surface area contributed by atoms with Crippen molar-refractivity contribution >= 4 is 10.9 Å². The molecule has 0 amide bonds. The number of aromatic nitrogens is 1. The Bertz CT molecular complexity index is 351. The molecule has 64 valence electrons. The molecule has 2 rings (SSSR count). The zero-order valence-corrected chi connectivity index (χ0v) is 7.26. The van der Waals surface area contributed by atoms with E-state index in [4.69, 9.17) is 0 Å². The lowest BCUT2D eigenvalue weighted by atomic mass is 10.2. The van der Waals surface area contributed by atoms with E-state index < -0.39 is 0 Å². The van der Waals surface area contributed by atoms with Gasteiger partial charge in [0.25, 0.3) is 0 Å². The van der Waals surface area contributed by atoms with Crippen LogP contribution in [-0.4, -0.2) is 4.98 Å². The van der Waals surface area contributed by atoms with Gasteiger partial charge in [-0.3, -0.25) is 0 Å². The molecule has 2 heteroatoms. The van der Waals surface area contributed by atoms with Crippen molar-refractivity contribution in [1.29, 1.82) is 0 Å². The van der Waals surface area contributed by atoms with Crippen molar-refractivity contribution in [3.05, 3.63) is 36.3 Å². The van der Waals surface area contributed by atoms with Crippen LogP contribution in [0.2, 0.25) is 0 Å². The van der Waals surface area contributed by atoms with E-state index in [0.29, 0.717) is 0 Å². The van der Waals surface area contributed by atoms with Crippen LogP contribution in [0.1, 0.15) is 13.8 Å². The van der Waals surface area contributed by atoms with Gasteiger partial charge in [-0.2, -0.15) is 0 Å². The molecule has 0 unspecified atom stereocenters. The van der Waals surface area contributed by atoms with Crippen LogP contribution in [-0.2, 0) is 0 Å². The van der Waals surface area contributed by atoms with Gasteiger partial charge < -0.3 is 4.98 Å². The van der Waals surface area contributed by atoms with Gasteiger partial charge in [-0.1, -0.05) is 13.8 Å². The van der Waals surface area contributed by atoms with Gasteiger partial charge in [-0.15, -0.1) is 0 Å². The van der Waals surface area contributed by atoms with Crippen LogP contribution >= 0.6 is 0 Å². The first-order chi connectivity index (χ1) is 5.86. The molecule has 12 heavy (non-hydrogen) atoms. The third-order valence-corrected chi connectivity index (χ3v) is 1.52. The number of hydrogen-bond donors (Lipinski definition) is 1. The number of H-pyrrole nitrogens is 1. The predicted molar refractivity (Wildman–Crippen MR) is 49.6 cm³/mol. The van der Waals surface area contributed by atoms with Crippen molar-refractivity contribution in [2.45, 2.75) is 13.8 Å². The average Bonchev–Trinajstić information content (AvgIpc) is 2.54. The smallest absolute Gasteiger partial charge is 0.123 e. The highest BCUT2D eigenvalue weighted by Gasteiger charge is 1.93. The van der Waals surface area contributed by atoms with E-state index in [9.17, 15) is 4.39 Å². The van der Waals surface area contributed by atoms with E-state index in [1.54, 1.807) is 12.3 Å². The standard InChI is InChI=1S/C8H6FN.C2H6/c9-7-1-2-8-6(5-7)3-4-10-8;1-2/h1-5,10H;1-2H3. The summed E-state index contributed by atoms with van der Waals surface area (Å²) in [5.41, 5.74) is 0.974. The van der Waals surface area contributed by atoms with Crippen molar-refractivity contribution < 1.29 is 4.39 Å². The molecule has 1 aromatic carbocycles. The zero-order chi connectivity index (χ0) is 8.97. The second-order valence-corrected chi connectivity index (χ2v) is 2.21. The molecule has 0 spiro atoms. The Balaban J connectivity index is 0.000000336. The fraction of sp³-hybridized carbons (Fsp3) is 0.200. The van der Waals surface area contributed by atoms with E-state index in [-0.39, 0.29) is 5.82 Å². The summed E-state index contributed by atoms with van der Waals surface area (Å²) in [5, 5.41) is 0.917. The normalized spacial score (nSPS) is 9.25. The second kappa shape index (κ2) is 3.90. The van der Waals surface area contributed by atoms with Crippen LogP contribution in [0.25, 0.3) is 10.9 Å². The minimum atomic E-state index is -0.188. The van der Waals surface area contributed by atoms with Crippen LogP contribution in [0.5, 0.6) is 0 Å². The molecular formula is C10H12FN. The van der Waals surface area contributed by atoms with Gasteiger partial charge >= 0.3 is 0 Å². The first-order valence-electron chi connectivity index (χ1n) is 4.09. The van der Waals surface area contributed by atoms with Crippen molar-refractivity contribution in [2.75, 3.05) is 0 Å². The quantitative estimate of drug-likeness (QED) is 0.616. The SMILES string of the molecule is CC.Fc1ccc2[nH]ccc2c1. The summed E-state index contributed by atoms with van der Waals surface area (Å²) in [4.78, 5) is 2.98. The number of nitrogens with one attached hydrogen (secondary N) is 1. The first-order valence-corrected chi connectivity index (χ1v) is 4.09. The zero-order valence-electron chi connectivity index (χ0n) is 7.26. The maximum Gasteiger partial charge on any atom is 0.123 e. The van der Waals surface area contributed by atoms with Gasteiger partial charge in [-0.05, 0) is 24.3 Å². The monoisotopic (exact) mass is 165 g/mol. The van der Waals surface area contributed by atoms with E-state index >= 15 is 0 Å². The lowest BCUT2D eigenvalue weighted by Gasteiger charge is -1.87. The molecule has 0 aliphatic heterocycles. The molecule has 2 aromatic rings. The summed E-state index contributed by atoms with van der Waals surface area (Å²) in [6, 6.07) is 6.52. The molecule has 1 aromatic heterocycles. The highest BCUT2D eigenvalue weighted by atomic mass is 19.1. The van der Waals surface area contributed by atoms with Gasteiger partial charge in [0.1, 0.15) is 5.82 Å². The molecule has 0 atom stereocenters. The maximum atomic E-state index is 12.5. The number of aromatic amines is 1. The minimum absolute atomic E-state index is 0.188. The summed E-state index contributed by atoms with van der Waals surface area (Å²) in [5.74, 6) is -0.188. The number of benzene rings is 1. The van der Waals surface area contributed by atoms with Crippen molar-refractivity contribution in [3.8, 4) is 0 Å². The van der Waals surface area contributed by atoms with E-state index in [1.165, 1.54) is 12.1 Å². The van der Waals surface area contributed by atoms with Crippen LogP contribution in [0.15, 0.2) is 30.5 Å². The molecule has 1 N–H and O–H groups in total. The van der Waals surface area contributed by atoms with Gasteiger partial charge in [-0.25, -0.2) is 4.39 Å². The largest absolute Gasteiger partial charge is 0.361 e. The second-order valence-electron chi connectivity index (χ2n) is 2.21. The van der Waals surface area contributed by atoms with Crippen molar-refractivity contribution in [2.24, 2.45) is 0 Å². The topological polar surface area (TPSA) is 15.8 Å². The highest BCUT2D eigenvalue weighted by Crippen LogP contribution is 2.12. The van der Waals surface area contributed by atoms with Gasteiger partial charge in [0.05, 0.1) is 0 Å². The summed E-state index contributed by atoms with van der Waals surface area (Å²) >= 11 is 0. The number of fused-ring (bicyclic) bond motifs is 1. The van der Waals surface area contributed by atoms with Gasteiger partial charge in [0.2, 0.25) is 0 Å².